The number of aliphatic hydroxyl groups is 5. The summed E-state index contributed by atoms with van der Waals surface area (Å²) in [5, 5.41) is 54.2. The van der Waals surface area contributed by atoms with Crippen molar-refractivity contribution in [3.8, 4) is 0 Å². The monoisotopic (exact) mass is 1020 g/mol. The molecule has 0 radical (unpaired) electrons. The maximum atomic E-state index is 13.0. The van der Waals surface area contributed by atoms with E-state index in [1.54, 1.807) is 6.08 Å². The van der Waals surface area contributed by atoms with E-state index in [1.807, 2.05) is 6.08 Å². The number of aliphatic hydroxyl groups excluding tert-OH is 5. The van der Waals surface area contributed by atoms with Gasteiger partial charge in [0.2, 0.25) is 5.91 Å². The molecule has 1 aliphatic heterocycles. The first-order valence-corrected chi connectivity index (χ1v) is 31.0. The molecule has 0 aromatic rings. The van der Waals surface area contributed by atoms with Crippen LogP contribution in [0.1, 0.15) is 303 Å². The maximum Gasteiger partial charge on any atom is 0.305 e. The van der Waals surface area contributed by atoms with Crippen molar-refractivity contribution in [3.63, 3.8) is 0 Å². The highest BCUT2D eigenvalue weighted by Crippen LogP contribution is 2.23. The molecule has 0 aliphatic carbocycles. The van der Waals surface area contributed by atoms with Crippen LogP contribution in [0.3, 0.4) is 0 Å². The third kappa shape index (κ3) is 40.7. The van der Waals surface area contributed by atoms with Crippen LogP contribution in [0.25, 0.3) is 0 Å². The molecule has 72 heavy (non-hydrogen) atoms. The van der Waals surface area contributed by atoms with Gasteiger partial charge in [0, 0.05) is 12.8 Å². The molecule has 1 saturated heterocycles. The van der Waals surface area contributed by atoms with Gasteiger partial charge in [0.25, 0.3) is 0 Å². The molecule has 7 unspecified atom stereocenters. The van der Waals surface area contributed by atoms with Gasteiger partial charge in [-0.2, -0.15) is 0 Å². The van der Waals surface area contributed by atoms with Gasteiger partial charge in [-0.05, 0) is 32.1 Å². The number of amides is 1. The summed E-state index contributed by atoms with van der Waals surface area (Å²) in [5.74, 6) is -0.199. The zero-order chi connectivity index (χ0) is 52.4. The Balaban J connectivity index is 1.99. The molecule has 11 heteroatoms. The van der Waals surface area contributed by atoms with Crippen LogP contribution in [-0.2, 0) is 23.8 Å². The van der Waals surface area contributed by atoms with Crippen LogP contribution in [0.5, 0.6) is 0 Å². The number of ether oxygens (including phenoxy) is 3. The summed E-state index contributed by atoms with van der Waals surface area (Å²) >= 11 is 0. The van der Waals surface area contributed by atoms with Gasteiger partial charge < -0.3 is 45.1 Å². The second kappa shape index (κ2) is 51.5. The molecule has 7 atom stereocenters. The standard InChI is InChI=1S/C61H117NO10/c1-3-5-7-9-11-13-14-15-16-17-18-19-23-26-29-33-37-41-45-49-57(66)70-50-46-42-38-34-30-27-24-21-20-22-25-28-32-36-40-44-48-56(65)62-53(54(64)47-43-39-35-31-12-10-8-6-4-2)52-71-61-60(69)59(68)58(67)55(51-63)72-61/h43,47,53-55,58-61,63-64,67-69H,3-42,44-46,48-52H2,1-2H3,(H,62,65)/b47-43+. The van der Waals surface area contributed by atoms with E-state index in [9.17, 15) is 35.1 Å². The lowest BCUT2D eigenvalue weighted by Crippen LogP contribution is -2.60. The smallest absolute Gasteiger partial charge is 0.305 e. The first-order chi connectivity index (χ1) is 35.2. The summed E-state index contributed by atoms with van der Waals surface area (Å²) in [7, 11) is 0. The summed E-state index contributed by atoms with van der Waals surface area (Å²) in [6.07, 6.45) is 50.3. The van der Waals surface area contributed by atoms with E-state index < -0.39 is 49.5 Å². The van der Waals surface area contributed by atoms with Gasteiger partial charge in [-0.1, -0.05) is 270 Å². The highest BCUT2D eigenvalue weighted by atomic mass is 16.7. The number of carbonyl (C=O) groups excluding carboxylic acids is 2. The number of hydrogen-bond acceptors (Lipinski definition) is 10. The molecule has 1 fully saturated rings. The summed E-state index contributed by atoms with van der Waals surface area (Å²) in [6, 6.07) is -0.813. The largest absolute Gasteiger partial charge is 0.466 e. The second-order valence-electron chi connectivity index (χ2n) is 21.8. The van der Waals surface area contributed by atoms with Crippen LogP contribution in [0, 0.1) is 0 Å². The number of carbonyl (C=O) groups is 2. The summed E-state index contributed by atoms with van der Waals surface area (Å²) in [6.45, 7) is 4.31. The van der Waals surface area contributed by atoms with Gasteiger partial charge in [-0.25, -0.2) is 0 Å². The third-order valence-corrected chi connectivity index (χ3v) is 14.9. The van der Waals surface area contributed by atoms with E-state index in [1.165, 1.54) is 205 Å². The van der Waals surface area contributed by atoms with Crippen LogP contribution in [0.4, 0.5) is 0 Å². The van der Waals surface area contributed by atoms with Gasteiger partial charge in [-0.15, -0.1) is 0 Å². The molecule has 0 bridgehead atoms. The van der Waals surface area contributed by atoms with Gasteiger partial charge in [0.15, 0.2) is 6.29 Å². The Morgan fingerprint density at radius 2 is 0.875 bits per heavy atom. The summed E-state index contributed by atoms with van der Waals surface area (Å²) in [4.78, 5) is 25.1. The minimum Gasteiger partial charge on any atom is -0.466 e. The van der Waals surface area contributed by atoms with Crippen molar-refractivity contribution in [1.82, 2.24) is 5.32 Å². The first-order valence-electron chi connectivity index (χ1n) is 31.0. The predicted molar refractivity (Wildman–Crippen MR) is 297 cm³/mol. The molecule has 0 aromatic heterocycles. The highest BCUT2D eigenvalue weighted by Gasteiger charge is 2.44. The second-order valence-corrected chi connectivity index (χ2v) is 21.8. The van der Waals surface area contributed by atoms with Crippen molar-refractivity contribution in [2.45, 2.75) is 346 Å². The Morgan fingerprint density at radius 3 is 1.29 bits per heavy atom. The topological polar surface area (TPSA) is 175 Å². The van der Waals surface area contributed by atoms with Crippen LogP contribution in [-0.4, -0.2) is 100 Å². The van der Waals surface area contributed by atoms with Crippen molar-refractivity contribution in [2.24, 2.45) is 0 Å². The van der Waals surface area contributed by atoms with Gasteiger partial charge >= 0.3 is 5.97 Å². The molecule has 0 saturated carbocycles. The van der Waals surface area contributed by atoms with Crippen molar-refractivity contribution in [2.75, 3.05) is 19.8 Å². The minimum absolute atomic E-state index is 0.00964. The predicted octanol–water partition coefficient (Wildman–Crippen LogP) is 14.3. The SMILES string of the molecule is CCCCCCCCC/C=C/C(O)C(COC1OC(CO)C(O)C(O)C1O)NC(=O)CCCCCCCCCCCCCCCCCCOC(=O)CCCCCCCCCCCCCCCCCCCCC. The van der Waals surface area contributed by atoms with E-state index >= 15 is 0 Å². The van der Waals surface area contributed by atoms with E-state index in [4.69, 9.17) is 14.2 Å². The van der Waals surface area contributed by atoms with E-state index in [0.29, 0.717) is 19.4 Å². The fourth-order valence-electron chi connectivity index (χ4n) is 9.97. The Labute approximate surface area is 442 Å². The summed E-state index contributed by atoms with van der Waals surface area (Å²) < 4.78 is 16.7. The van der Waals surface area contributed by atoms with E-state index in [2.05, 4.69) is 19.2 Å². The van der Waals surface area contributed by atoms with Gasteiger partial charge in [-0.3, -0.25) is 9.59 Å². The fraction of sp³-hybridized carbons (Fsp3) is 0.934. The van der Waals surface area contributed by atoms with Crippen LogP contribution in [0.15, 0.2) is 12.2 Å². The Kier molecular flexibility index (Phi) is 48.9. The lowest BCUT2D eigenvalue weighted by atomic mass is 9.99. The molecule has 426 valence electrons. The van der Waals surface area contributed by atoms with Crippen LogP contribution >= 0.6 is 0 Å². The maximum absolute atomic E-state index is 13.0. The first kappa shape index (κ1) is 68.4. The zero-order valence-electron chi connectivity index (χ0n) is 46.9. The lowest BCUT2D eigenvalue weighted by Gasteiger charge is -2.40. The molecular weight excluding hydrogens is 907 g/mol. The van der Waals surface area contributed by atoms with E-state index in [-0.39, 0.29) is 18.5 Å². The number of esters is 1. The molecular formula is C61H117NO10. The van der Waals surface area contributed by atoms with Crippen molar-refractivity contribution >= 4 is 11.9 Å². The highest BCUT2D eigenvalue weighted by molar-refractivity contribution is 5.76. The zero-order valence-corrected chi connectivity index (χ0v) is 46.9. The molecule has 1 amide bonds. The van der Waals surface area contributed by atoms with Crippen molar-refractivity contribution in [3.05, 3.63) is 12.2 Å². The number of nitrogens with one attached hydrogen (secondary N) is 1. The van der Waals surface area contributed by atoms with Crippen LogP contribution in [0.2, 0.25) is 0 Å². The number of hydrogen-bond donors (Lipinski definition) is 6. The van der Waals surface area contributed by atoms with Crippen molar-refractivity contribution < 1.29 is 49.3 Å². The fourth-order valence-corrected chi connectivity index (χ4v) is 9.97. The average molecular weight is 1020 g/mol. The minimum atomic E-state index is -1.57. The average Bonchev–Trinajstić information content (AvgIpc) is 3.38. The normalized spacial score (nSPS) is 19.0. The van der Waals surface area contributed by atoms with Crippen LogP contribution < -0.4 is 5.32 Å². The molecule has 0 aromatic carbocycles. The Morgan fingerprint density at radius 1 is 0.500 bits per heavy atom. The quantitative estimate of drug-likeness (QED) is 0.0195. The number of rotatable bonds is 54. The molecule has 1 aliphatic rings. The van der Waals surface area contributed by atoms with E-state index in [0.717, 1.165) is 70.6 Å². The molecule has 0 spiro atoms. The molecule has 6 N–H and O–H groups in total. The molecule has 11 nitrogen and oxygen atoms in total. The molecule has 1 heterocycles. The Hall–Kier alpha value is -1.60. The van der Waals surface area contributed by atoms with Crippen molar-refractivity contribution in [1.29, 1.82) is 0 Å². The Bertz CT molecular complexity index is 1200. The third-order valence-electron chi connectivity index (χ3n) is 14.9. The number of allylic oxidation sites excluding steroid dienone is 1. The van der Waals surface area contributed by atoms with Gasteiger partial charge in [0.1, 0.15) is 24.4 Å². The summed E-state index contributed by atoms with van der Waals surface area (Å²) in [5.41, 5.74) is 0. The lowest BCUT2D eigenvalue weighted by molar-refractivity contribution is -0.302. The number of unbranched alkanes of at least 4 members (excludes halogenated alkanes) is 40. The molecule has 1 rings (SSSR count). The van der Waals surface area contributed by atoms with Gasteiger partial charge in [0.05, 0.1) is 32.0 Å².